The summed E-state index contributed by atoms with van der Waals surface area (Å²) in [6.07, 6.45) is 1.17. The van der Waals surface area contributed by atoms with E-state index in [1.165, 1.54) is 6.42 Å². The summed E-state index contributed by atoms with van der Waals surface area (Å²) >= 11 is 3.41. The molecule has 3 rings (SSSR count). The average Bonchev–Trinajstić information content (AvgIpc) is 3.10. The molecule has 1 aliphatic heterocycles. The zero-order valence-electron chi connectivity index (χ0n) is 11.3. The lowest BCUT2D eigenvalue weighted by molar-refractivity contribution is 0.226. The maximum Gasteiger partial charge on any atom is 0.247 e. The van der Waals surface area contributed by atoms with Gasteiger partial charge in [-0.15, -0.1) is 10.2 Å². The van der Waals surface area contributed by atoms with Gasteiger partial charge in [0.2, 0.25) is 11.8 Å². The maximum absolute atomic E-state index is 5.74. The number of rotatable bonds is 4. The molecule has 106 valence electrons. The first-order chi connectivity index (χ1) is 9.72. The third-order valence-corrected chi connectivity index (χ3v) is 4.13. The van der Waals surface area contributed by atoms with Crippen LogP contribution < -0.4 is 5.32 Å². The second-order valence-electron chi connectivity index (χ2n) is 5.07. The highest BCUT2D eigenvalue weighted by molar-refractivity contribution is 9.10. The topological polar surface area (TPSA) is 54.2 Å². The Kier molecular flexibility index (Phi) is 4.14. The summed E-state index contributed by atoms with van der Waals surface area (Å²) < 4.78 is 6.78. The summed E-state index contributed by atoms with van der Waals surface area (Å²) in [4.78, 5) is 2.26. The largest absolute Gasteiger partial charge is 0.419 e. The lowest BCUT2D eigenvalue weighted by Gasteiger charge is -2.21. The quantitative estimate of drug-likeness (QED) is 0.928. The molecule has 2 heterocycles. The van der Waals surface area contributed by atoms with Crippen LogP contribution in [0.5, 0.6) is 0 Å². The Morgan fingerprint density at radius 3 is 2.85 bits per heavy atom. The van der Waals surface area contributed by atoms with Gasteiger partial charge < -0.3 is 9.73 Å². The van der Waals surface area contributed by atoms with Crippen molar-refractivity contribution in [1.29, 1.82) is 0 Å². The number of nitrogens with one attached hydrogen (secondary N) is 1. The van der Waals surface area contributed by atoms with Crippen LogP contribution in [0.3, 0.4) is 0 Å². The van der Waals surface area contributed by atoms with Crippen LogP contribution in [0.1, 0.15) is 12.3 Å². The lowest BCUT2D eigenvalue weighted by Crippen LogP contribution is -2.32. The highest BCUT2D eigenvalue weighted by Gasteiger charge is 2.21. The minimum Gasteiger partial charge on any atom is -0.419 e. The van der Waals surface area contributed by atoms with Crippen LogP contribution in [0.25, 0.3) is 11.5 Å². The average molecular weight is 337 g/mol. The summed E-state index contributed by atoms with van der Waals surface area (Å²) in [6.45, 7) is 2.81. The molecule has 1 fully saturated rings. The van der Waals surface area contributed by atoms with Gasteiger partial charge in [0.25, 0.3) is 0 Å². The Hall–Kier alpha value is -1.24. The molecular formula is C14H17BrN4O. The van der Waals surface area contributed by atoms with E-state index in [0.717, 1.165) is 23.1 Å². The third kappa shape index (κ3) is 3.08. The van der Waals surface area contributed by atoms with Crippen LogP contribution in [-0.2, 0) is 6.54 Å². The summed E-state index contributed by atoms with van der Waals surface area (Å²) in [5.74, 6) is 1.24. The second kappa shape index (κ2) is 6.03. The molecule has 0 bridgehead atoms. The van der Waals surface area contributed by atoms with Gasteiger partial charge in [0.1, 0.15) is 0 Å². The SMILES string of the molecule is CN(Cc1nnc(-c2ccc(Br)cc2)o1)C1CCNC1. The molecule has 0 saturated carbocycles. The third-order valence-electron chi connectivity index (χ3n) is 3.60. The van der Waals surface area contributed by atoms with Crippen molar-refractivity contribution in [3.63, 3.8) is 0 Å². The zero-order valence-corrected chi connectivity index (χ0v) is 12.9. The van der Waals surface area contributed by atoms with Crippen LogP contribution in [0.4, 0.5) is 0 Å². The Bertz CT molecular complexity index is 563. The number of likely N-dealkylation sites (N-methyl/N-ethyl adjacent to an activating group) is 1. The molecule has 1 aromatic carbocycles. The van der Waals surface area contributed by atoms with Gasteiger partial charge in [-0.1, -0.05) is 15.9 Å². The van der Waals surface area contributed by atoms with E-state index in [9.17, 15) is 0 Å². The van der Waals surface area contributed by atoms with E-state index in [4.69, 9.17) is 4.42 Å². The number of benzene rings is 1. The number of halogens is 1. The Morgan fingerprint density at radius 1 is 1.35 bits per heavy atom. The molecule has 1 unspecified atom stereocenters. The van der Waals surface area contributed by atoms with E-state index >= 15 is 0 Å². The first kappa shape index (κ1) is 13.7. The van der Waals surface area contributed by atoms with Crippen molar-refractivity contribution in [3.05, 3.63) is 34.6 Å². The fraction of sp³-hybridized carbons (Fsp3) is 0.429. The van der Waals surface area contributed by atoms with E-state index in [0.29, 0.717) is 24.4 Å². The molecule has 2 aromatic rings. The van der Waals surface area contributed by atoms with E-state index in [-0.39, 0.29) is 0 Å². The standard InChI is InChI=1S/C14H17BrN4O/c1-19(12-6-7-16-8-12)9-13-17-18-14(20-13)10-2-4-11(15)5-3-10/h2-5,12,16H,6-9H2,1H3. The molecule has 0 aliphatic carbocycles. The fourth-order valence-corrected chi connectivity index (χ4v) is 2.65. The monoisotopic (exact) mass is 336 g/mol. The van der Waals surface area contributed by atoms with Crippen molar-refractivity contribution in [3.8, 4) is 11.5 Å². The Balaban J connectivity index is 1.68. The molecule has 6 heteroatoms. The van der Waals surface area contributed by atoms with Crippen molar-refractivity contribution < 1.29 is 4.42 Å². The fourth-order valence-electron chi connectivity index (χ4n) is 2.38. The van der Waals surface area contributed by atoms with Gasteiger partial charge in [-0.3, -0.25) is 4.90 Å². The maximum atomic E-state index is 5.74. The highest BCUT2D eigenvalue weighted by atomic mass is 79.9. The van der Waals surface area contributed by atoms with Gasteiger partial charge >= 0.3 is 0 Å². The molecule has 0 spiro atoms. The summed E-state index contributed by atoms with van der Waals surface area (Å²) in [7, 11) is 2.10. The first-order valence-electron chi connectivity index (χ1n) is 6.71. The molecule has 20 heavy (non-hydrogen) atoms. The van der Waals surface area contributed by atoms with E-state index < -0.39 is 0 Å². The van der Waals surface area contributed by atoms with Crippen LogP contribution in [0.2, 0.25) is 0 Å². The molecule has 1 saturated heterocycles. The van der Waals surface area contributed by atoms with E-state index in [2.05, 4.69) is 43.4 Å². The van der Waals surface area contributed by atoms with Crippen LogP contribution >= 0.6 is 15.9 Å². The smallest absolute Gasteiger partial charge is 0.247 e. The highest BCUT2D eigenvalue weighted by Crippen LogP contribution is 2.21. The van der Waals surface area contributed by atoms with Crippen LogP contribution in [0.15, 0.2) is 33.2 Å². The molecule has 1 N–H and O–H groups in total. The van der Waals surface area contributed by atoms with Crippen molar-refractivity contribution in [2.24, 2.45) is 0 Å². The first-order valence-corrected chi connectivity index (χ1v) is 7.51. The molecule has 0 amide bonds. The second-order valence-corrected chi connectivity index (χ2v) is 5.99. The predicted molar refractivity (Wildman–Crippen MR) is 80.2 cm³/mol. The van der Waals surface area contributed by atoms with E-state index in [1.54, 1.807) is 0 Å². The van der Waals surface area contributed by atoms with Gasteiger partial charge in [0, 0.05) is 22.6 Å². The normalized spacial score (nSPS) is 18.9. The number of nitrogens with zero attached hydrogens (tertiary/aromatic N) is 3. The summed E-state index contributed by atoms with van der Waals surface area (Å²) in [6, 6.07) is 8.42. The van der Waals surface area contributed by atoms with Gasteiger partial charge in [0.05, 0.1) is 6.54 Å². The summed E-state index contributed by atoms with van der Waals surface area (Å²) in [5.41, 5.74) is 0.942. The van der Waals surface area contributed by atoms with Gasteiger partial charge in [-0.2, -0.15) is 0 Å². The van der Waals surface area contributed by atoms with Gasteiger partial charge in [-0.25, -0.2) is 0 Å². The Morgan fingerprint density at radius 2 is 2.15 bits per heavy atom. The van der Waals surface area contributed by atoms with E-state index in [1.807, 2.05) is 24.3 Å². The van der Waals surface area contributed by atoms with Crippen molar-refractivity contribution in [2.75, 3.05) is 20.1 Å². The number of aromatic nitrogens is 2. The molecule has 1 aromatic heterocycles. The predicted octanol–water partition coefficient (Wildman–Crippen LogP) is 2.29. The molecule has 1 atom stereocenters. The molecule has 0 radical (unpaired) electrons. The van der Waals surface area contributed by atoms with Gasteiger partial charge in [-0.05, 0) is 44.3 Å². The lowest BCUT2D eigenvalue weighted by atomic mass is 10.2. The molecular weight excluding hydrogens is 320 g/mol. The summed E-state index contributed by atoms with van der Waals surface area (Å²) in [5, 5.41) is 11.6. The minimum atomic E-state index is 0.554. The van der Waals surface area contributed by atoms with Crippen molar-refractivity contribution in [2.45, 2.75) is 19.0 Å². The van der Waals surface area contributed by atoms with Crippen molar-refractivity contribution in [1.82, 2.24) is 20.4 Å². The van der Waals surface area contributed by atoms with Gasteiger partial charge in [0.15, 0.2) is 0 Å². The van der Waals surface area contributed by atoms with Crippen LogP contribution in [0, 0.1) is 0 Å². The zero-order chi connectivity index (χ0) is 13.9. The van der Waals surface area contributed by atoms with Crippen LogP contribution in [-0.4, -0.2) is 41.3 Å². The number of hydrogen-bond acceptors (Lipinski definition) is 5. The molecule has 1 aliphatic rings. The minimum absolute atomic E-state index is 0.554. The van der Waals surface area contributed by atoms with Crippen molar-refractivity contribution >= 4 is 15.9 Å². The molecule has 5 nitrogen and oxygen atoms in total. The Labute approximate surface area is 126 Å². The number of hydrogen-bond donors (Lipinski definition) is 1.